The van der Waals surface area contributed by atoms with Gasteiger partial charge in [0.25, 0.3) is 0 Å². The van der Waals surface area contributed by atoms with E-state index in [-0.39, 0.29) is 6.10 Å². The first-order valence-corrected chi connectivity index (χ1v) is 8.68. The smallest absolute Gasteiger partial charge is 0.159 e. The van der Waals surface area contributed by atoms with E-state index in [1.807, 2.05) is 6.92 Å². The first-order chi connectivity index (χ1) is 9.67. The lowest BCUT2D eigenvalue weighted by molar-refractivity contribution is 0.0491. The van der Waals surface area contributed by atoms with E-state index < -0.39 is 0 Å². The first kappa shape index (κ1) is 16.2. The second-order valence-electron chi connectivity index (χ2n) is 5.29. The molecule has 1 aliphatic carbocycles. The fourth-order valence-electron chi connectivity index (χ4n) is 2.82. The molecule has 2 rings (SSSR count). The van der Waals surface area contributed by atoms with Gasteiger partial charge in [0.15, 0.2) is 5.82 Å². The number of rotatable bonds is 6. The minimum Gasteiger partial charge on any atom is -0.371 e. The molecule has 0 aliphatic heterocycles. The summed E-state index contributed by atoms with van der Waals surface area (Å²) in [6, 6.07) is 0. The second-order valence-corrected chi connectivity index (χ2v) is 6.44. The molecule has 0 radical (unpaired) electrons. The van der Waals surface area contributed by atoms with Crippen LogP contribution in [0.15, 0.2) is 4.47 Å². The maximum atomic E-state index is 6.29. The van der Waals surface area contributed by atoms with Crippen LogP contribution in [-0.4, -0.2) is 16.6 Å². The molecule has 0 spiro atoms. The van der Waals surface area contributed by atoms with E-state index in [0.29, 0.717) is 17.7 Å². The van der Waals surface area contributed by atoms with Gasteiger partial charge in [-0.2, -0.15) is 0 Å². The number of aromatic nitrogens is 2. The molecule has 1 aromatic heterocycles. The number of hydrogen-bond donors (Lipinski definition) is 0. The van der Waals surface area contributed by atoms with E-state index in [4.69, 9.17) is 21.3 Å². The molecule has 0 saturated heterocycles. The van der Waals surface area contributed by atoms with E-state index in [9.17, 15) is 0 Å². The van der Waals surface area contributed by atoms with E-state index in [2.05, 4.69) is 27.8 Å². The Kier molecular flexibility index (Phi) is 6.24. The lowest BCUT2D eigenvalue weighted by Gasteiger charge is -2.18. The van der Waals surface area contributed by atoms with Gasteiger partial charge in [-0.3, -0.25) is 0 Å². The summed E-state index contributed by atoms with van der Waals surface area (Å²) in [6.07, 6.45) is 6.86. The van der Waals surface area contributed by atoms with Gasteiger partial charge < -0.3 is 4.74 Å². The van der Waals surface area contributed by atoms with Crippen LogP contribution in [0.2, 0.25) is 5.15 Å². The number of nitrogens with zero attached hydrogens (tertiary/aromatic N) is 2. The molecule has 0 N–H and O–H groups in total. The van der Waals surface area contributed by atoms with E-state index in [1.165, 1.54) is 25.7 Å². The minimum absolute atomic E-state index is 0.0456. The molecule has 0 amide bonds. The molecule has 5 heteroatoms. The Balaban J connectivity index is 2.33. The molecule has 1 heterocycles. The summed E-state index contributed by atoms with van der Waals surface area (Å²) in [5.41, 5.74) is 1.07. The van der Waals surface area contributed by atoms with Gasteiger partial charge in [-0.05, 0) is 42.1 Å². The van der Waals surface area contributed by atoms with Gasteiger partial charge in [-0.1, -0.05) is 37.8 Å². The zero-order chi connectivity index (χ0) is 14.5. The number of ether oxygens (including phenoxy) is 1. The van der Waals surface area contributed by atoms with Crippen molar-refractivity contribution in [1.29, 1.82) is 0 Å². The van der Waals surface area contributed by atoms with Crippen LogP contribution in [0.1, 0.15) is 75.9 Å². The Morgan fingerprint density at radius 1 is 1.30 bits per heavy atom. The highest BCUT2D eigenvalue weighted by molar-refractivity contribution is 9.10. The molecule has 0 bridgehead atoms. The largest absolute Gasteiger partial charge is 0.371 e. The van der Waals surface area contributed by atoms with Crippen molar-refractivity contribution in [2.75, 3.05) is 6.61 Å². The Morgan fingerprint density at radius 3 is 2.60 bits per heavy atom. The van der Waals surface area contributed by atoms with Gasteiger partial charge in [0, 0.05) is 12.5 Å². The van der Waals surface area contributed by atoms with Crippen molar-refractivity contribution >= 4 is 27.5 Å². The Bertz CT molecular complexity index is 444. The fraction of sp³-hybridized carbons (Fsp3) is 0.733. The van der Waals surface area contributed by atoms with Crippen molar-refractivity contribution in [2.24, 2.45) is 0 Å². The standard InChI is InChI=1S/C15H22BrClN2O/c1-3-7-11(20-4-2)15-18-13(10-8-5-6-9-10)12(16)14(17)19-15/h10-11H,3-9H2,1-2H3. The van der Waals surface area contributed by atoms with E-state index in [1.54, 1.807) is 0 Å². The van der Waals surface area contributed by atoms with Crippen LogP contribution in [0.5, 0.6) is 0 Å². The van der Waals surface area contributed by atoms with Crippen molar-refractivity contribution in [3.8, 4) is 0 Å². The van der Waals surface area contributed by atoms with Crippen molar-refractivity contribution in [1.82, 2.24) is 9.97 Å². The quantitative estimate of drug-likeness (QED) is 0.634. The van der Waals surface area contributed by atoms with Gasteiger partial charge in [-0.15, -0.1) is 0 Å². The minimum atomic E-state index is -0.0456. The highest BCUT2D eigenvalue weighted by Crippen LogP contribution is 2.39. The van der Waals surface area contributed by atoms with Gasteiger partial charge in [0.2, 0.25) is 0 Å². The molecular formula is C15H22BrClN2O. The Hall–Kier alpha value is -0.190. The van der Waals surface area contributed by atoms with Gasteiger partial charge in [0.05, 0.1) is 10.2 Å². The van der Waals surface area contributed by atoms with Crippen LogP contribution < -0.4 is 0 Å². The number of hydrogen-bond acceptors (Lipinski definition) is 3. The molecule has 0 aromatic carbocycles. The topological polar surface area (TPSA) is 35.0 Å². The highest BCUT2D eigenvalue weighted by atomic mass is 79.9. The molecule has 3 nitrogen and oxygen atoms in total. The lowest BCUT2D eigenvalue weighted by Crippen LogP contribution is -2.12. The molecule has 1 saturated carbocycles. The summed E-state index contributed by atoms with van der Waals surface area (Å²) in [7, 11) is 0. The summed E-state index contributed by atoms with van der Waals surface area (Å²) in [4.78, 5) is 9.21. The average molecular weight is 362 g/mol. The normalized spacial score (nSPS) is 17.6. The van der Waals surface area contributed by atoms with Gasteiger partial charge in [-0.25, -0.2) is 9.97 Å². The van der Waals surface area contributed by atoms with E-state index in [0.717, 1.165) is 28.8 Å². The van der Waals surface area contributed by atoms with E-state index >= 15 is 0 Å². The summed E-state index contributed by atoms with van der Waals surface area (Å²) in [5.74, 6) is 1.25. The third-order valence-electron chi connectivity index (χ3n) is 3.80. The molecule has 1 fully saturated rings. The maximum Gasteiger partial charge on any atom is 0.159 e. The van der Waals surface area contributed by atoms with Crippen molar-refractivity contribution in [3.63, 3.8) is 0 Å². The molecule has 1 atom stereocenters. The number of halogens is 2. The predicted molar refractivity (Wildman–Crippen MR) is 85.2 cm³/mol. The van der Waals surface area contributed by atoms with Crippen molar-refractivity contribution in [3.05, 3.63) is 21.1 Å². The third kappa shape index (κ3) is 3.71. The monoisotopic (exact) mass is 360 g/mol. The Morgan fingerprint density at radius 2 is 2.00 bits per heavy atom. The molecule has 112 valence electrons. The van der Waals surface area contributed by atoms with Gasteiger partial charge in [0.1, 0.15) is 11.3 Å². The summed E-state index contributed by atoms with van der Waals surface area (Å²) < 4.78 is 6.64. The molecular weight excluding hydrogens is 340 g/mol. The summed E-state index contributed by atoms with van der Waals surface area (Å²) >= 11 is 9.84. The van der Waals surface area contributed by atoms with Crippen LogP contribution in [-0.2, 0) is 4.74 Å². The zero-order valence-electron chi connectivity index (χ0n) is 12.2. The predicted octanol–water partition coefficient (Wildman–Crippen LogP) is 5.43. The van der Waals surface area contributed by atoms with Crippen molar-refractivity contribution in [2.45, 2.75) is 64.4 Å². The van der Waals surface area contributed by atoms with Crippen LogP contribution in [0.25, 0.3) is 0 Å². The second kappa shape index (κ2) is 7.71. The van der Waals surface area contributed by atoms with Gasteiger partial charge >= 0.3 is 0 Å². The summed E-state index contributed by atoms with van der Waals surface area (Å²) in [6.45, 7) is 4.81. The van der Waals surface area contributed by atoms with Crippen LogP contribution in [0, 0.1) is 0 Å². The zero-order valence-corrected chi connectivity index (χ0v) is 14.5. The third-order valence-corrected chi connectivity index (χ3v) is 5.09. The highest BCUT2D eigenvalue weighted by Gasteiger charge is 2.25. The lowest BCUT2D eigenvalue weighted by atomic mass is 10.0. The maximum absolute atomic E-state index is 6.29. The molecule has 1 aliphatic rings. The summed E-state index contributed by atoms with van der Waals surface area (Å²) in [5, 5.41) is 0.512. The Labute approximate surface area is 134 Å². The fourth-order valence-corrected chi connectivity index (χ4v) is 3.50. The molecule has 20 heavy (non-hydrogen) atoms. The SMILES string of the molecule is CCCC(OCC)c1nc(Cl)c(Br)c(C2CCCC2)n1. The van der Waals surface area contributed by atoms with Crippen LogP contribution in [0.3, 0.4) is 0 Å². The van der Waals surface area contributed by atoms with Crippen molar-refractivity contribution < 1.29 is 4.74 Å². The molecule has 1 aromatic rings. The first-order valence-electron chi connectivity index (χ1n) is 7.51. The van der Waals surface area contributed by atoms with Crippen LogP contribution in [0.4, 0.5) is 0 Å². The molecule has 1 unspecified atom stereocenters. The average Bonchev–Trinajstić information content (AvgIpc) is 2.95. The van der Waals surface area contributed by atoms with Crippen LogP contribution >= 0.6 is 27.5 Å².